The Kier molecular flexibility index (Phi) is 5.46. The first kappa shape index (κ1) is 18.0. The average Bonchev–Trinajstić information content (AvgIpc) is 3.07. The van der Waals surface area contributed by atoms with E-state index in [-0.39, 0.29) is 38.2 Å². The van der Waals surface area contributed by atoms with Gasteiger partial charge in [-0.25, -0.2) is 4.98 Å². The van der Waals surface area contributed by atoms with E-state index in [4.69, 9.17) is 4.74 Å². The summed E-state index contributed by atoms with van der Waals surface area (Å²) in [5.41, 5.74) is 0.433. The Labute approximate surface area is 144 Å². The molecule has 1 aliphatic heterocycles. The third-order valence-electron chi connectivity index (χ3n) is 4.64. The summed E-state index contributed by atoms with van der Waals surface area (Å²) in [7, 11) is 0. The van der Waals surface area contributed by atoms with E-state index in [0.29, 0.717) is 11.4 Å². The molecular formula is C17H22F3N3O2. The van der Waals surface area contributed by atoms with Crippen LogP contribution < -0.4 is 4.74 Å². The van der Waals surface area contributed by atoms with Crippen molar-refractivity contribution in [2.24, 2.45) is 0 Å². The predicted octanol–water partition coefficient (Wildman–Crippen LogP) is 2.72. The quantitative estimate of drug-likeness (QED) is 0.831. The fraction of sp³-hybridized carbons (Fsp3) is 0.647. The number of hydrogen-bond acceptors (Lipinski definition) is 4. The first-order valence-corrected chi connectivity index (χ1v) is 8.62. The van der Waals surface area contributed by atoms with Crippen LogP contribution in [0.3, 0.4) is 0 Å². The lowest BCUT2D eigenvalue weighted by atomic mass is 10.2. The lowest BCUT2D eigenvalue weighted by Gasteiger charge is -2.35. The molecule has 0 bridgehead atoms. The Bertz CT molecular complexity index is 578. The minimum atomic E-state index is -4.20. The van der Waals surface area contributed by atoms with Gasteiger partial charge in [0.2, 0.25) is 5.88 Å². The zero-order valence-corrected chi connectivity index (χ0v) is 14.0. The van der Waals surface area contributed by atoms with Gasteiger partial charge in [-0.1, -0.05) is 0 Å². The van der Waals surface area contributed by atoms with Gasteiger partial charge in [0.25, 0.3) is 5.91 Å². The minimum Gasteiger partial charge on any atom is -0.474 e. The van der Waals surface area contributed by atoms with Gasteiger partial charge in [-0.2, -0.15) is 13.2 Å². The van der Waals surface area contributed by atoms with Gasteiger partial charge in [0.05, 0.1) is 12.1 Å². The number of hydrogen-bond donors (Lipinski definition) is 0. The van der Waals surface area contributed by atoms with Crippen LogP contribution in [-0.4, -0.2) is 65.7 Å². The molecule has 1 saturated heterocycles. The van der Waals surface area contributed by atoms with E-state index in [0.717, 1.165) is 12.8 Å². The second kappa shape index (κ2) is 7.59. The van der Waals surface area contributed by atoms with Crippen LogP contribution in [0.15, 0.2) is 18.3 Å². The van der Waals surface area contributed by atoms with Crippen LogP contribution in [0.25, 0.3) is 0 Å². The van der Waals surface area contributed by atoms with Crippen molar-refractivity contribution in [3.8, 4) is 5.88 Å². The molecule has 1 aliphatic carbocycles. The molecule has 138 valence electrons. The van der Waals surface area contributed by atoms with Gasteiger partial charge in [-0.05, 0) is 31.7 Å². The first-order chi connectivity index (χ1) is 11.9. The molecule has 0 atom stereocenters. The summed E-state index contributed by atoms with van der Waals surface area (Å²) in [6.07, 6.45) is 1.88. The molecule has 8 heteroatoms. The molecule has 0 aromatic carbocycles. The molecule has 3 rings (SSSR count). The minimum absolute atomic E-state index is 0.202. The number of ether oxygens (including phenoxy) is 1. The van der Waals surface area contributed by atoms with E-state index in [2.05, 4.69) is 4.98 Å². The van der Waals surface area contributed by atoms with Crippen LogP contribution in [0.5, 0.6) is 5.88 Å². The maximum absolute atomic E-state index is 12.5. The number of carbonyl (C=O) groups excluding carboxylic acids is 1. The van der Waals surface area contributed by atoms with Crippen molar-refractivity contribution in [1.82, 2.24) is 14.8 Å². The third-order valence-corrected chi connectivity index (χ3v) is 4.64. The van der Waals surface area contributed by atoms with Gasteiger partial charge in [-0.3, -0.25) is 9.69 Å². The van der Waals surface area contributed by atoms with Gasteiger partial charge in [0, 0.05) is 38.4 Å². The fourth-order valence-corrected chi connectivity index (χ4v) is 3.30. The van der Waals surface area contributed by atoms with Gasteiger partial charge in [0.1, 0.15) is 6.10 Å². The monoisotopic (exact) mass is 357 g/mol. The van der Waals surface area contributed by atoms with Crippen molar-refractivity contribution in [3.05, 3.63) is 23.9 Å². The highest BCUT2D eigenvalue weighted by Crippen LogP contribution is 2.23. The maximum atomic E-state index is 12.5. The Morgan fingerprint density at radius 1 is 1.16 bits per heavy atom. The van der Waals surface area contributed by atoms with Gasteiger partial charge < -0.3 is 9.64 Å². The molecule has 0 N–H and O–H groups in total. The molecule has 1 aromatic rings. The topological polar surface area (TPSA) is 45.7 Å². The van der Waals surface area contributed by atoms with E-state index < -0.39 is 12.7 Å². The highest BCUT2D eigenvalue weighted by Gasteiger charge is 2.33. The summed E-state index contributed by atoms with van der Waals surface area (Å²) in [6.45, 7) is 0.0946. The number of pyridine rings is 1. The lowest BCUT2D eigenvalue weighted by molar-refractivity contribution is -0.148. The Balaban J connectivity index is 1.51. The van der Waals surface area contributed by atoms with Crippen molar-refractivity contribution < 1.29 is 22.7 Å². The van der Waals surface area contributed by atoms with Crippen LogP contribution >= 0.6 is 0 Å². The zero-order chi connectivity index (χ0) is 17.9. The summed E-state index contributed by atoms with van der Waals surface area (Å²) < 4.78 is 43.0. The van der Waals surface area contributed by atoms with Crippen LogP contribution in [0.4, 0.5) is 13.2 Å². The van der Waals surface area contributed by atoms with Gasteiger partial charge >= 0.3 is 6.18 Å². The largest absolute Gasteiger partial charge is 0.474 e. The van der Waals surface area contributed by atoms with E-state index in [1.165, 1.54) is 23.9 Å². The van der Waals surface area contributed by atoms with Crippen LogP contribution in [-0.2, 0) is 0 Å². The normalized spacial score (nSPS) is 20.0. The second-order valence-electron chi connectivity index (χ2n) is 6.59. The van der Waals surface area contributed by atoms with E-state index in [1.54, 1.807) is 17.0 Å². The van der Waals surface area contributed by atoms with Gasteiger partial charge in [-0.15, -0.1) is 0 Å². The molecule has 0 spiro atoms. The van der Waals surface area contributed by atoms with Crippen molar-refractivity contribution in [1.29, 1.82) is 0 Å². The fourth-order valence-electron chi connectivity index (χ4n) is 3.30. The van der Waals surface area contributed by atoms with E-state index >= 15 is 0 Å². The molecule has 2 heterocycles. The number of aromatic nitrogens is 1. The second-order valence-corrected chi connectivity index (χ2v) is 6.59. The van der Waals surface area contributed by atoms with Crippen molar-refractivity contribution in [2.45, 2.75) is 38.0 Å². The number of halogens is 3. The number of rotatable bonds is 4. The standard InChI is InChI=1S/C17H22F3N3O2/c18-17(19,20)12-22-7-9-23(10-8-22)16(24)13-5-6-15(21-11-13)25-14-3-1-2-4-14/h5-6,11,14H,1-4,7-10,12H2. The molecule has 1 amide bonds. The summed E-state index contributed by atoms with van der Waals surface area (Å²) in [5.74, 6) is 0.310. The SMILES string of the molecule is O=C(c1ccc(OC2CCCC2)nc1)N1CCN(CC(F)(F)F)CC1. The van der Waals surface area contributed by atoms with Crippen molar-refractivity contribution >= 4 is 5.91 Å². The summed E-state index contributed by atoms with van der Waals surface area (Å²) in [5, 5.41) is 0. The van der Waals surface area contributed by atoms with Gasteiger partial charge in [0.15, 0.2) is 0 Å². The molecule has 0 radical (unpaired) electrons. The Morgan fingerprint density at radius 3 is 2.40 bits per heavy atom. The molecular weight excluding hydrogens is 335 g/mol. The molecule has 2 aliphatic rings. The highest BCUT2D eigenvalue weighted by molar-refractivity contribution is 5.94. The average molecular weight is 357 g/mol. The smallest absolute Gasteiger partial charge is 0.401 e. The Hall–Kier alpha value is -1.83. The summed E-state index contributed by atoms with van der Waals surface area (Å²) >= 11 is 0. The van der Waals surface area contributed by atoms with E-state index in [1.807, 2.05) is 0 Å². The molecule has 0 unspecified atom stereocenters. The molecule has 1 saturated carbocycles. The van der Waals surface area contributed by atoms with E-state index in [9.17, 15) is 18.0 Å². The molecule has 2 fully saturated rings. The Morgan fingerprint density at radius 2 is 1.84 bits per heavy atom. The summed E-state index contributed by atoms with van der Waals surface area (Å²) in [6, 6.07) is 3.35. The highest BCUT2D eigenvalue weighted by atomic mass is 19.4. The number of amides is 1. The first-order valence-electron chi connectivity index (χ1n) is 8.62. The van der Waals surface area contributed by atoms with Crippen LogP contribution in [0.2, 0.25) is 0 Å². The van der Waals surface area contributed by atoms with Crippen LogP contribution in [0.1, 0.15) is 36.0 Å². The number of carbonyl (C=O) groups is 1. The maximum Gasteiger partial charge on any atom is 0.401 e. The third kappa shape index (κ3) is 5.07. The van der Waals surface area contributed by atoms with Crippen molar-refractivity contribution in [2.75, 3.05) is 32.7 Å². The number of alkyl halides is 3. The predicted molar refractivity (Wildman–Crippen MR) is 85.5 cm³/mol. The molecule has 5 nitrogen and oxygen atoms in total. The zero-order valence-electron chi connectivity index (χ0n) is 14.0. The lowest BCUT2D eigenvalue weighted by Crippen LogP contribution is -2.50. The van der Waals surface area contributed by atoms with Crippen LogP contribution in [0, 0.1) is 0 Å². The number of piperazine rings is 1. The summed E-state index contributed by atoms with van der Waals surface area (Å²) in [4.78, 5) is 19.5. The molecule has 25 heavy (non-hydrogen) atoms. The number of nitrogens with zero attached hydrogens (tertiary/aromatic N) is 3. The molecule has 1 aromatic heterocycles. The van der Waals surface area contributed by atoms with Crippen molar-refractivity contribution in [3.63, 3.8) is 0 Å².